The summed E-state index contributed by atoms with van der Waals surface area (Å²) in [5.41, 5.74) is 6.60. The van der Waals surface area contributed by atoms with Crippen molar-refractivity contribution in [1.29, 1.82) is 0 Å². The van der Waals surface area contributed by atoms with Crippen molar-refractivity contribution in [2.24, 2.45) is 17.6 Å². The summed E-state index contributed by atoms with van der Waals surface area (Å²) in [6, 6.07) is 0.805. The minimum absolute atomic E-state index is 0.299. The van der Waals surface area contributed by atoms with Crippen molar-refractivity contribution in [3.05, 3.63) is 0 Å². The molecule has 2 fully saturated rings. The van der Waals surface area contributed by atoms with Gasteiger partial charge in [-0.1, -0.05) is 40.0 Å². The fourth-order valence-corrected chi connectivity index (χ4v) is 5.13. The second-order valence-corrected chi connectivity index (χ2v) is 7.36. The number of nitrogens with zero attached hydrogens (tertiary/aromatic N) is 1. The van der Waals surface area contributed by atoms with Crippen LogP contribution >= 0.6 is 0 Å². The largest absolute Gasteiger partial charge is 0.329 e. The van der Waals surface area contributed by atoms with Gasteiger partial charge >= 0.3 is 0 Å². The third-order valence-corrected chi connectivity index (χ3v) is 5.61. The molecule has 112 valence electrons. The molecule has 2 nitrogen and oxygen atoms in total. The van der Waals surface area contributed by atoms with Crippen LogP contribution in [0.25, 0.3) is 0 Å². The second-order valence-electron chi connectivity index (χ2n) is 7.36. The first kappa shape index (κ1) is 15.3. The Balaban J connectivity index is 2.16. The van der Waals surface area contributed by atoms with E-state index in [1.54, 1.807) is 0 Å². The van der Waals surface area contributed by atoms with Crippen LogP contribution in [0.5, 0.6) is 0 Å². The second kappa shape index (κ2) is 6.58. The summed E-state index contributed by atoms with van der Waals surface area (Å²) in [6.07, 6.45) is 11.1. The predicted octanol–water partition coefficient (Wildman–Crippen LogP) is 3.79. The topological polar surface area (TPSA) is 29.3 Å². The lowest BCUT2D eigenvalue weighted by Crippen LogP contribution is -2.60. The van der Waals surface area contributed by atoms with Crippen molar-refractivity contribution in [1.82, 2.24) is 4.90 Å². The first-order valence-electron chi connectivity index (χ1n) is 8.58. The molecule has 0 heterocycles. The summed E-state index contributed by atoms with van der Waals surface area (Å²) in [5, 5.41) is 0. The van der Waals surface area contributed by atoms with Crippen LogP contribution in [0.1, 0.15) is 72.1 Å². The van der Waals surface area contributed by atoms with Gasteiger partial charge in [-0.15, -0.1) is 0 Å². The van der Waals surface area contributed by atoms with Crippen LogP contribution in [-0.4, -0.2) is 29.6 Å². The maximum absolute atomic E-state index is 6.30. The van der Waals surface area contributed by atoms with E-state index in [4.69, 9.17) is 5.73 Å². The highest BCUT2D eigenvalue weighted by Crippen LogP contribution is 2.41. The number of nitrogens with two attached hydrogens (primary N) is 1. The molecule has 2 aliphatic carbocycles. The standard InChI is InChI=1S/C17H34N2/c1-4-19(16-8-6-5-7-9-16)17(13-18)11-14(2)10-15(3)12-17/h14-16H,4-13,18H2,1-3H3. The van der Waals surface area contributed by atoms with Crippen LogP contribution in [0, 0.1) is 11.8 Å². The van der Waals surface area contributed by atoms with E-state index >= 15 is 0 Å². The maximum Gasteiger partial charge on any atom is 0.0339 e. The Bertz CT molecular complexity index is 260. The Labute approximate surface area is 120 Å². The highest BCUT2D eigenvalue weighted by molar-refractivity contribution is 5.00. The van der Waals surface area contributed by atoms with Gasteiger partial charge in [0, 0.05) is 18.1 Å². The Kier molecular flexibility index (Phi) is 5.30. The zero-order chi connectivity index (χ0) is 13.9. The Morgan fingerprint density at radius 3 is 2.11 bits per heavy atom. The third-order valence-electron chi connectivity index (χ3n) is 5.61. The van der Waals surface area contributed by atoms with Crippen LogP contribution in [-0.2, 0) is 0 Å². The minimum Gasteiger partial charge on any atom is -0.329 e. The van der Waals surface area contributed by atoms with Gasteiger partial charge < -0.3 is 5.73 Å². The van der Waals surface area contributed by atoms with E-state index in [1.165, 1.54) is 57.9 Å². The molecule has 0 bridgehead atoms. The van der Waals surface area contributed by atoms with E-state index < -0.39 is 0 Å². The summed E-state index contributed by atoms with van der Waals surface area (Å²) in [4.78, 5) is 2.82. The van der Waals surface area contributed by atoms with E-state index in [-0.39, 0.29) is 0 Å². The summed E-state index contributed by atoms with van der Waals surface area (Å²) in [5.74, 6) is 1.68. The molecule has 2 atom stereocenters. The number of hydrogen-bond acceptors (Lipinski definition) is 2. The van der Waals surface area contributed by atoms with Crippen LogP contribution in [0.2, 0.25) is 0 Å². The van der Waals surface area contributed by atoms with Crippen molar-refractivity contribution in [3.8, 4) is 0 Å². The lowest BCUT2D eigenvalue weighted by Gasteiger charge is -2.53. The molecule has 2 N–H and O–H groups in total. The molecule has 2 saturated carbocycles. The van der Waals surface area contributed by atoms with Crippen LogP contribution in [0.4, 0.5) is 0 Å². The van der Waals surface area contributed by atoms with E-state index in [2.05, 4.69) is 25.7 Å². The van der Waals surface area contributed by atoms with Crippen molar-refractivity contribution >= 4 is 0 Å². The maximum atomic E-state index is 6.30. The number of rotatable bonds is 4. The van der Waals surface area contributed by atoms with Gasteiger partial charge in [-0.05, 0) is 50.5 Å². The normalized spacial score (nSPS) is 37.7. The Hall–Kier alpha value is -0.0800. The van der Waals surface area contributed by atoms with Crippen molar-refractivity contribution < 1.29 is 0 Å². The summed E-state index contributed by atoms with van der Waals surface area (Å²) in [6.45, 7) is 9.23. The zero-order valence-electron chi connectivity index (χ0n) is 13.3. The predicted molar refractivity (Wildman–Crippen MR) is 83.2 cm³/mol. The SMILES string of the molecule is CCN(C1CCCCC1)C1(CN)CC(C)CC(C)C1. The van der Waals surface area contributed by atoms with Gasteiger partial charge in [0.2, 0.25) is 0 Å². The van der Waals surface area contributed by atoms with Crippen molar-refractivity contribution in [2.75, 3.05) is 13.1 Å². The molecule has 0 radical (unpaired) electrons. The molecule has 0 aliphatic heterocycles. The van der Waals surface area contributed by atoms with Crippen LogP contribution < -0.4 is 5.73 Å². The third kappa shape index (κ3) is 3.33. The molecule has 0 aromatic heterocycles. The van der Waals surface area contributed by atoms with Gasteiger partial charge in [0.15, 0.2) is 0 Å². The molecule has 2 heteroatoms. The lowest BCUT2D eigenvalue weighted by molar-refractivity contribution is -0.0180. The van der Waals surface area contributed by atoms with E-state index in [9.17, 15) is 0 Å². The van der Waals surface area contributed by atoms with E-state index in [0.29, 0.717) is 5.54 Å². The highest BCUT2D eigenvalue weighted by Gasteiger charge is 2.43. The van der Waals surface area contributed by atoms with Crippen molar-refractivity contribution in [2.45, 2.75) is 83.7 Å². The molecule has 0 spiro atoms. The van der Waals surface area contributed by atoms with Crippen LogP contribution in [0.15, 0.2) is 0 Å². The summed E-state index contributed by atoms with van der Waals surface area (Å²) < 4.78 is 0. The molecule has 2 aliphatic rings. The molecule has 0 aromatic rings. The summed E-state index contributed by atoms with van der Waals surface area (Å²) in [7, 11) is 0. The average molecular weight is 266 g/mol. The molecule has 19 heavy (non-hydrogen) atoms. The summed E-state index contributed by atoms with van der Waals surface area (Å²) >= 11 is 0. The molecule has 2 unspecified atom stereocenters. The lowest BCUT2D eigenvalue weighted by atomic mass is 9.69. The molecule has 0 aromatic carbocycles. The highest BCUT2D eigenvalue weighted by atomic mass is 15.2. The van der Waals surface area contributed by atoms with Crippen LogP contribution in [0.3, 0.4) is 0 Å². The minimum atomic E-state index is 0.299. The monoisotopic (exact) mass is 266 g/mol. The first-order valence-corrected chi connectivity index (χ1v) is 8.58. The molecular formula is C17H34N2. The molecule has 0 amide bonds. The van der Waals surface area contributed by atoms with Gasteiger partial charge in [-0.2, -0.15) is 0 Å². The zero-order valence-corrected chi connectivity index (χ0v) is 13.3. The number of likely N-dealkylation sites (N-methyl/N-ethyl adjacent to an activating group) is 1. The van der Waals surface area contributed by atoms with Gasteiger partial charge in [0.05, 0.1) is 0 Å². The first-order chi connectivity index (χ1) is 9.11. The van der Waals surface area contributed by atoms with Gasteiger partial charge in [-0.3, -0.25) is 4.90 Å². The molecule has 0 saturated heterocycles. The smallest absolute Gasteiger partial charge is 0.0339 e. The fourth-order valence-electron chi connectivity index (χ4n) is 5.13. The quantitative estimate of drug-likeness (QED) is 0.838. The Morgan fingerprint density at radius 2 is 1.63 bits per heavy atom. The number of hydrogen-bond donors (Lipinski definition) is 1. The fraction of sp³-hybridized carbons (Fsp3) is 1.00. The molecular weight excluding hydrogens is 232 g/mol. The van der Waals surface area contributed by atoms with E-state index in [0.717, 1.165) is 24.4 Å². The van der Waals surface area contributed by atoms with Crippen molar-refractivity contribution in [3.63, 3.8) is 0 Å². The van der Waals surface area contributed by atoms with Gasteiger partial charge in [0.1, 0.15) is 0 Å². The van der Waals surface area contributed by atoms with Gasteiger partial charge in [0.25, 0.3) is 0 Å². The van der Waals surface area contributed by atoms with E-state index in [1.807, 2.05) is 0 Å². The average Bonchev–Trinajstić information content (AvgIpc) is 2.39. The Morgan fingerprint density at radius 1 is 1.05 bits per heavy atom. The van der Waals surface area contributed by atoms with Gasteiger partial charge in [-0.25, -0.2) is 0 Å². The molecule has 2 rings (SSSR count).